The van der Waals surface area contributed by atoms with Gasteiger partial charge >= 0.3 is 6.61 Å². The number of benzene rings is 2. The van der Waals surface area contributed by atoms with Crippen LogP contribution in [0.25, 0.3) is 0 Å². The van der Waals surface area contributed by atoms with E-state index in [1.165, 1.54) is 30.9 Å². The molecule has 31 heavy (non-hydrogen) atoms. The Kier molecular flexibility index (Phi) is 7.77. The van der Waals surface area contributed by atoms with E-state index in [2.05, 4.69) is 27.1 Å². The Labute approximate surface area is 179 Å². The molecule has 1 aliphatic heterocycles. The molecule has 0 unspecified atom stereocenters. The number of ether oxygens (including phenoxy) is 2. The van der Waals surface area contributed by atoms with Crippen LogP contribution in [-0.2, 0) is 11.3 Å². The van der Waals surface area contributed by atoms with Crippen molar-refractivity contribution in [2.75, 3.05) is 39.8 Å². The summed E-state index contributed by atoms with van der Waals surface area (Å²) >= 11 is 0. The molecule has 1 aliphatic rings. The molecule has 1 N–H and O–H groups in total. The average molecular weight is 433 g/mol. The molecule has 2 aromatic rings. The van der Waals surface area contributed by atoms with Crippen LogP contribution in [0.4, 0.5) is 8.78 Å². The van der Waals surface area contributed by atoms with E-state index >= 15 is 0 Å². The molecule has 0 radical (unpaired) electrons. The van der Waals surface area contributed by atoms with Crippen LogP contribution < -0.4 is 14.8 Å². The second-order valence-corrected chi connectivity index (χ2v) is 7.07. The number of carbonyl (C=O) groups is 2. The Morgan fingerprint density at radius 3 is 2.39 bits per heavy atom. The first-order chi connectivity index (χ1) is 15.0. The minimum atomic E-state index is -3.00. The van der Waals surface area contributed by atoms with Crippen molar-refractivity contribution in [3.05, 3.63) is 59.7 Å². The van der Waals surface area contributed by atoms with Crippen LogP contribution in [0.5, 0.6) is 11.5 Å². The molecular formula is C22H25F2N3O4. The van der Waals surface area contributed by atoms with E-state index in [1.807, 2.05) is 18.2 Å². The fraction of sp³-hybridized carbons (Fsp3) is 0.364. The Morgan fingerprint density at radius 2 is 1.74 bits per heavy atom. The third-order valence-electron chi connectivity index (χ3n) is 5.02. The topological polar surface area (TPSA) is 71.1 Å². The van der Waals surface area contributed by atoms with Crippen molar-refractivity contribution in [1.82, 2.24) is 15.1 Å². The Balaban J connectivity index is 1.47. The lowest BCUT2D eigenvalue weighted by Gasteiger charge is -2.34. The summed E-state index contributed by atoms with van der Waals surface area (Å²) in [6, 6.07) is 14.0. The van der Waals surface area contributed by atoms with Crippen LogP contribution in [-0.4, -0.2) is 68.1 Å². The van der Waals surface area contributed by atoms with Crippen LogP contribution in [0.3, 0.4) is 0 Å². The maximum Gasteiger partial charge on any atom is 0.387 e. The molecule has 0 spiro atoms. The third kappa shape index (κ3) is 6.39. The molecule has 2 amide bonds. The lowest BCUT2D eigenvalue weighted by Crippen LogP contribution is -2.50. The van der Waals surface area contributed by atoms with Gasteiger partial charge in [-0.1, -0.05) is 30.3 Å². The molecule has 3 rings (SSSR count). The first kappa shape index (κ1) is 22.5. The molecule has 166 valence electrons. The zero-order chi connectivity index (χ0) is 22.2. The van der Waals surface area contributed by atoms with Gasteiger partial charge in [0.05, 0.1) is 13.7 Å². The van der Waals surface area contributed by atoms with Crippen molar-refractivity contribution in [1.29, 1.82) is 0 Å². The van der Waals surface area contributed by atoms with Gasteiger partial charge in [0.15, 0.2) is 11.5 Å². The lowest BCUT2D eigenvalue weighted by atomic mass is 10.2. The van der Waals surface area contributed by atoms with Crippen molar-refractivity contribution < 1.29 is 27.8 Å². The summed E-state index contributed by atoms with van der Waals surface area (Å²) in [4.78, 5) is 28.8. The highest BCUT2D eigenvalue weighted by molar-refractivity contribution is 5.97. The summed E-state index contributed by atoms with van der Waals surface area (Å²) in [5, 5.41) is 2.57. The normalized spacial score (nSPS) is 14.4. The van der Waals surface area contributed by atoms with Gasteiger partial charge in [0.1, 0.15) is 0 Å². The molecule has 7 nitrogen and oxygen atoms in total. The third-order valence-corrected chi connectivity index (χ3v) is 5.02. The van der Waals surface area contributed by atoms with Crippen LogP contribution >= 0.6 is 0 Å². The van der Waals surface area contributed by atoms with Gasteiger partial charge in [-0.15, -0.1) is 0 Å². The van der Waals surface area contributed by atoms with Gasteiger partial charge in [0.2, 0.25) is 5.91 Å². The van der Waals surface area contributed by atoms with Gasteiger partial charge in [-0.25, -0.2) is 0 Å². The van der Waals surface area contributed by atoms with E-state index in [0.29, 0.717) is 13.1 Å². The zero-order valence-corrected chi connectivity index (χ0v) is 17.2. The van der Waals surface area contributed by atoms with Gasteiger partial charge in [0.25, 0.3) is 5.91 Å². The van der Waals surface area contributed by atoms with E-state index in [9.17, 15) is 18.4 Å². The van der Waals surface area contributed by atoms with Crippen molar-refractivity contribution >= 4 is 11.8 Å². The maximum atomic E-state index is 12.5. The molecule has 1 heterocycles. The minimum Gasteiger partial charge on any atom is -0.493 e. The summed E-state index contributed by atoms with van der Waals surface area (Å²) in [5.41, 5.74) is 1.41. The fourth-order valence-electron chi connectivity index (χ4n) is 3.37. The van der Waals surface area contributed by atoms with Crippen LogP contribution in [0, 0.1) is 0 Å². The number of halogens is 2. The molecule has 1 fully saturated rings. The van der Waals surface area contributed by atoms with Gasteiger partial charge in [-0.05, 0) is 23.8 Å². The van der Waals surface area contributed by atoms with Gasteiger partial charge in [-0.2, -0.15) is 8.78 Å². The summed E-state index contributed by atoms with van der Waals surface area (Å²) in [5.74, 6) is -0.831. The highest BCUT2D eigenvalue weighted by atomic mass is 19.3. The van der Waals surface area contributed by atoms with Crippen LogP contribution in [0.1, 0.15) is 15.9 Å². The SMILES string of the molecule is COc1cc(C(=O)NCC(=O)N2CCN(Cc3ccccc3)CC2)ccc1OC(F)F. The second-order valence-electron chi connectivity index (χ2n) is 7.07. The summed E-state index contributed by atoms with van der Waals surface area (Å²) < 4.78 is 34.2. The van der Waals surface area contributed by atoms with E-state index < -0.39 is 12.5 Å². The number of amides is 2. The number of alkyl halides is 2. The van der Waals surface area contributed by atoms with E-state index in [4.69, 9.17) is 4.74 Å². The number of hydrogen-bond donors (Lipinski definition) is 1. The molecule has 1 saturated heterocycles. The molecule has 0 bridgehead atoms. The van der Waals surface area contributed by atoms with Gasteiger partial charge in [-0.3, -0.25) is 14.5 Å². The number of rotatable bonds is 8. The highest BCUT2D eigenvalue weighted by Crippen LogP contribution is 2.29. The Bertz CT molecular complexity index is 888. The average Bonchev–Trinajstić information content (AvgIpc) is 2.78. The molecule has 0 atom stereocenters. The molecule has 0 aliphatic carbocycles. The lowest BCUT2D eigenvalue weighted by molar-refractivity contribution is -0.131. The first-order valence-corrected chi connectivity index (χ1v) is 9.91. The van der Waals surface area contributed by atoms with Gasteiger partial charge < -0.3 is 19.7 Å². The summed E-state index contributed by atoms with van der Waals surface area (Å²) in [7, 11) is 1.29. The largest absolute Gasteiger partial charge is 0.493 e. The Morgan fingerprint density at radius 1 is 1.03 bits per heavy atom. The van der Waals surface area contributed by atoms with Crippen molar-refractivity contribution in [2.24, 2.45) is 0 Å². The molecule has 9 heteroatoms. The molecule has 0 aromatic heterocycles. The molecule has 2 aromatic carbocycles. The maximum absolute atomic E-state index is 12.5. The number of methoxy groups -OCH3 is 1. The van der Waals surface area contributed by atoms with Gasteiger partial charge in [0, 0.05) is 38.3 Å². The van der Waals surface area contributed by atoms with E-state index in [0.717, 1.165) is 19.6 Å². The van der Waals surface area contributed by atoms with E-state index in [-0.39, 0.29) is 29.5 Å². The number of nitrogens with zero attached hydrogens (tertiary/aromatic N) is 2. The smallest absolute Gasteiger partial charge is 0.387 e. The number of nitrogens with one attached hydrogen (secondary N) is 1. The number of piperazine rings is 1. The summed E-state index contributed by atoms with van der Waals surface area (Å²) in [6.45, 7) is 0.403. The highest BCUT2D eigenvalue weighted by Gasteiger charge is 2.22. The van der Waals surface area contributed by atoms with Crippen molar-refractivity contribution in [3.63, 3.8) is 0 Å². The van der Waals surface area contributed by atoms with Crippen molar-refractivity contribution in [2.45, 2.75) is 13.2 Å². The quantitative estimate of drug-likeness (QED) is 0.692. The van der Waals surface area contributed by atoms with Crippen LogP contribution in [0.2, 0.25) is 0 Å². The number of carbonyl (C=O) groups excluding carboxylic acids is 2. The predicted octanol–water partition coefficient (Wildman–Crippen LogP) is 2.37. The second kappa shape index (κ2) is 10.7. The van der Waals surface area contributed by atoms with Crippen LogP contribution in [0.15, 0.2) is 48.5 Å². The Hall–Kier alpha value is -3.20. The van der Waals surface area contributed by atoms with E-state index in [1.54, 1.807) is 4.90 Å². The first-order valence-electron chi connectivity index (χ1n) is 9.91. The monoisotopic (exact) mass is 433 g/mol. The predicted molar refractivity (Wildman–Crippen MR) is 110 cm³/mol. The minimum absolute atomic E-state index is 0.00816. The standard InChI is InChI=1S/C22H25F2N3O4/c1-30-19-13-17(7-8-18(19)31-22(23)24)21(29)25-14-20(28)27-11-9-26(10-12-27)15-16-5-3-2-4-6-16/h2-8,13,22H,9-12,14-15H2,1H3,(H,25,29). The molecular weight excluding hydrogens is 408 g/mol. The fourth-order valence-corrected chi connectivity index (χ4v) is 3.37. The summed E-state index contributed by atoms with van der Waals surface area (Å²) in [6.07, 6.45) is 0. The number of hydrogen-bond acceptors (Lipinski definition) is 5. The molecule has 0 saturated carbocycles. The zero-order valence-electron chi connectivity index (χ0n) is 17.2. The van der Waals surface area contributed by atoms with Crippen molar-refractivity contribution in [3.8, 4) is 11.5 Å².